The minimum atomic E-state index is -3.56. The van der Waals surface area contributed by atoms with Crippen molar-refractivity contribution in [1.82, 2.24) is 4.72 Å². The van der Waals surface area contributed by atoms with Gasteiger partial charge in [-0.2, -0.15) is 4.72 Å². The molecule has 9 heteroatoms. The highest BCUT2D eigenvalue weighted by Gasteiger charge is 2.14. The van der Waals surface area contributed by atoms with Crippen molar-refractivity contribution >= 4 is 43.2 Å². The number of hydrogen-bond acceptors (Lipinski definition) is 5. The summed E-state index contributed by atoms with van der Waals surface area (Å²) in [5, 5.41) is 0. The van der Waals surface area contributed by atoms with E-state index in [0.29, 0.717) is 5.75 Å². The van der Waals surface area contributed by atoms with Crippen LogP contribution in [0.4, 0.5) is 0 Å². The lowest BCUT2D eigenvalue weighted by atomic mass is 10.2. The van der Waals surface area contributed by atoms with E-state index in [1.165, 1.54) is 6.07 Å². The molecule has 1 amide bonds. The number of sulfonamides is 1. The van der Waals surface area contributed by atoms with Gasteiger partial charge in [0.15, 0.2) is 0 Å². The van der Waals surface area contributed by atoms with Crippen molar-refractivity contribution in [1.29, 1.82) is 0 Å². The number of carbonyl (C=O) groups excluding carboxylic acids is 1. The summed E-state index contributed by atoms with van der Waals surface area (Å²) in [6.45, 7) is -0.0325. The van der Waals surface area contributed by atoms with Crippen molar-refractivity contribution in [3.05, 3.63) is 45.7 Å². The predicted molar refractivity (Wildman–Crippen MR) is 95.4 cm³/mol. The minimum absolute atomic E-state index is 0.0105. The van der Waals surface area contributed by atoms with Gasteiger partial charge in [-0.25, -0.2) is 8.42 Å². The maximum atomic E-state index is 11.9. The van der Waals surface area contributed by atoms with Crippen LogP contribution in [0.1, 0.15) is 10.4 Å². The topological polar surface area (TPSA) is 98.5 Å². The zero-order valence-electron chi connectivity index (χ0n) is 12.3. The van der Waals surface area contributed by atoms with Crippen molar-refractivity contribution in [2.24, 2.45) is 5.73 Å². The second-order valence-electron chi connectivity index (χ2n) is 4.39. The third-order valence-corrected chi connectivity index (χ3v) is 6.26. The van der Waals surface area contributed by atoms with Crippen LogP contribution in [0.2, 0.25) is 0 Å². The Balaban J connectivity index is 1.86. The second kappa shape index (κ2) is 8.30. The molecule has 0 saturated heterocycles. The van der Waals surface area contributed by atoms with Crippen LogP contribution in [-0.4, -0.2) is 27.5 Å². The fourth-order valence-electron chi connectivity index (χ4n) is 1.67. The first-order valence-electron chi connectivity index (χ1n) is 6.62. The van der Waals surface area contributed by atoms with Gasteiger partial charge in [0, 0.05) is 0 Å². The number of para-hydroxylation sites is 1. The quantitative estimate of drug-likeness (QED) is 0.686. The number of rotatable bonds is 6. The Morgan fingerprint density at radius 2 is 2.00 bits per heavy atom. The standard InChI is InChI=1S/C15H13BrN2O4S2/c16-13-7-8-14(23-13)24(20,21)18-9-3-4-10-22-12-6-2-1-5-11(12)15(17)19/h1-2,5-8,18H,9-10H2,(H2,17,19). The summed E-state index contributed by atoms with van der Waals surface area (Å²) in [7, 11) is -3.56. The van der Waals surface area contributed by atoms with Crippen LogP contribution in [0.25, 0.3) is 0 Å². The fourth-order valence-corrected chi connectivity index (χ4v) is 4.65. The number of benzene rings is 1. The third-order valence-electron chi connectivity index (χ3n) is 2.74. The van der Waals surface area contributed by atoms with E-state index in [1.807, 2.05) is 0 Å². The van der Waals surface area contributed by atoms with Gasteiger partial charge in [-0.3, -0.25) is 4.79 Å². The van der Waals surface area contributed by atoms with E-state index in [0.717, 1.165) is 15.1 Å². The molecule has 24 heavy (non-hydrogen) atoms. The number of halogens is 1. The summed E-state index contributed by atoms with van der Waals surface area (Å²) >= 11 is 4.33. The molecule has 0 radical (unpaired) electrons. The average molecular weight is 429 g/mol. The molecule has 0 unspecified atom stereocenters. The lowest BCUT2D eigenvalue weighted by molar-refractivity contribution is 0.0997. The Bertz CT molecular complexity index is 897. The molecule has 1 aromatic carbocycles. The molecule has 3 N–H and O–H groups in total. The number of thiophene rings is 1. The summed E-state index contributed by atoms with van der Waals surface area (Å²) < 4.78 is 32.6. The highest BCUT2D eigenvalue weighted by molar-refractivity contribution is 9.11. The lowest BCUT2D eigenvalue weighted by Crippen LogP contribution is -2.23. The number of ether oxygens (including phenoxy) is 1. The zero-order valence-corrected chi connectivity index (χ0v) is 15.5. The molecule has 2 aromatic rings. The van der Waals surface area contributed by atoms with Gasteiger partial charge in [-0.15, -0.1) is 11.3 Å². The zero-order chi connectivity index (χ0) is 17.6. The first kappa shape index (κ1) is 18.5. The van der Waals surface area contributed by atoms with Crippen LogP contribution in [-0.2, 0) is 10.0 Å². The molecular weight excluding hydrogens is 416 g/mol. The van der Waals surface area contributed by atoms with Gasteiger partial charge < -0.3 is 10.5 Å². The number of amides is 1. The van der Waals surface area contributed by atoms with E-state index in [4.69, 9.17) is 10.5 Å². The number of hydrogen-bond donors (Lipinski definition) is 2. The van der Waals surface area contributed by atoms with Gasteiger partial charge in [-0.1, -0.05) is 24.0 Å². The van der Waals surface area contributed by atoms with E-state index in [-0.39, 0.29) is 22.9 Å². The summed E-state index contributed by atoms with van der Waals surface area (Å²) in [5.41, 5.74) is 5.50. The first-order valence-corrected chi connectivity index (χ1v) is 9.72. The first-order chi connectivity index (χ1) is 11.4. The molecule has 0 aliphatic rings. The van der Waals surface area contributed by atoms with Crippen LogP contribution in [0.5, 0.6) is 5.75 Å². The molecule has 0 bridgehead atoms. The van der Waals surface area contributed by atoms with E-state index >= 15 is 0 Å². The second-order valence-corrected chi connectivity index (χ2v) is 8.84. The lowest BCUT2D eigenvalue weighted by Gasteiger charge is -2.05. The van der Waals surface area contributed by atoms with Gasteiger partial charge in [0.1, 0.15) is 16.6 Å². The highest BCUT2D eigenvalue weighted by atomic mass is 79.9. The van der Waals surface area contributed by atoms with Crippen LogP contribution in [0.15, 0.2) is 44.4 Å². The monoisotopic (exact) mass is 428 g/mol. The van der Waals surface area contributed by atoms with Crippen molar-refractivity contribution < 1.29 is 17.9 Å². The Hall–Kier alpha value is -1.86. The molecule has 2 rings (SSSR count). The SMILES string of the molecule is NC(=O)c1ccccc1OCC#CCNS(=O)(=O)c1ccc(Br)s1. The average Bonchev–Trinajstić information content (AvgIpc) is 2.98. The van der Waals surface area contributed by atoms with Gasteiger partial charge in [0.2, 0.25) is 0 Å². The molecule has 0 fully saturated rings. The summed E-state index contributed by atoms with van der Waals surface area (Å²) in [4.78, 5) is 11.2. The fraction of sp³-hybridized carbons (Fsp3) is 0.133. The largest absolute Gasteiger partial charge is 0.480 e. The van der Waals surface area contributed by atoms with Gasteiger partial charge in [-0.05, 0) is 40.2 Å². The third kappa shape index (κ3) is 5.07. The molecule has 1 heterocycles. The Morgan fingerprint density at radius 1 is 1.25 bits per heavy atom. The molecule has 6 nitrogen and oxygen atoms in total. The number of nitrogens with two attached hydrogens (primary N) is 1. The van der Waals surface area contributed by atoms with Crippen LogP contribution in [0.3, 0.4) is 0 Å². The van der Waals surface area contributed by atoms with Crippen LogP contribution < -0.4 is 15.2 Å². The molecule has 0 atom stereocenters. The summed E-state index contributed by atoms with van der Waals surface area (Å²) in [6, 6.07) is 9.72. The number of carbonyl (C=O) groups is 1. The Labute approximate surface area is 152 Å². The van der Waals surface area contributed by atoms with Crippen molar-refractivity contribution in [3.8, 4) is 17.6 Å². The molecule has 1 aromatic heterocycles. The van der Waals surface area contributed by atoms with Crippen LogP contribution >= 0.6 is 27.3 Å². The number of primary amides is 1. The van der Waals surface area contributed by atoms with Gasteiger partial charge in [0.05, 0.1) is 15.9 Å². The minimum Gasteiger partial charge on any atom is -0.480 e. The molecular formula is C15H13BrN2O4S2. The van der Waals surface area contributed by atoms with Crippen LogP contribution in [0, 0.1) is 11.8 Å². The van der Waals surface area contributed by atoms with Crippen molar-refractivity contribution in [3.63, 3.8) is 0 Å². The molecule has 0 aliphatic carbocycles. The van der Waals surface area contributed by atoms with Gasteiger partial charge in [0.25, 0.3) is 15.9 Å². The van der Waals surface area contributed by atoms with Crippen molar-refractivity contribution in [2.45, 2.75) is 4.21 Å². The Morgan fingerprint density at radius 3 is 2.67 bits per heavy atom. The normalized spacial score (nSPS) is 10.7. The van der Waals surface area contributed by atoms with Gasteiger partial charge >= 0.3 is 0 Å². The predicted octanol–water partition coefficient (Wildman–Crippen LogP) is 1.97. The van der Waals surface area contributed by atoms with E-state index in [9.17, 15) is 13.2 Å². The summed E-state index contributed by atoms with van der Waals surface area (Å²) in [5.74, 6) is 5.07. The van der Waals surface area contributed by atoms with E-state index in [2.05, 4.69) is 32.5 Å². The molecule has 126 valence electrons. The van der Waals surface area contributed by atoms with E-state index < -0.39 is 15.9 Å². The van der Waals surface area contributed by atoms with E-state index in [1.54, 1.807) is 30.3 Å². The smallest absolute Gasteiger partial charge is 0.252 e. The molecule has 0 saturated carbocycles. The van der Waals surface area contributed by atoms with Crippen molar-refractivity contribution in [2.75, 3.05) is 13.2 Å². The highest BCUT2D eigenvalue weighted by Crippen LogP contribution is 2.25. The Kier molecular flexibility index (Phi) is 6.39. The summed E-state index contributed by atoms with van der Waals surface area (Å²) in [6.07, 6.45) is 0. The molecule has 0 aliphatic heterocycles. The number of nitrogens with one attached hydrogen (secondary N) is 1. The molecule has 0 spiro atoms. The maximum absolute atomic E-state index is 11.9. The maximum Gasteiger partial charge on any atom is 0.252 e.